The van der Waals surface area contributed by atoms with Gasteiger partial charge in [0.1, 0.15) is 5.57 Å². The number of urea groups is 1. The Morgan fingerprint density at radius 1 is 0.900 bits per heavy atom. The van der Waals surface area contributed by atoms with E-state index in [0.29, 0.717) is 6.42 Å². The second kappa shape index (κ2) is 8.95. The Bertz CT molecular complexity index is 963. The van der Waals surface area contributed by atoms with Crippen molar-refractivity contribution in [3.8, 4) is 0 Å². The van der Waals surface area contributed by atoms with Crippen molar-refractivity contribution in [1.29, 1.82) is 0 Å². The van der Waals surface area contributed by atoms with E-state index >= 15 is 0 Å². The molecule has 0 spiro atoms. The molecule has 0 bridgehead atoms. The molecule has 0 aromatic heterocycles. The van der Waals surface area contributed by atoms with Crippen LogP contribution in [-0.4, -0.2) is 54.3 Å². The number of carbonyl (C=O) groups excluding carboxylic acids is 3. The summed E-state index contributed by atoms with van der Waals surface area (Å²) in [4.78, 5) is 43.3. The molecule has 6 nitrogen and oxygen atoms in total. The molecule has 156 valence electrons. The maximum absolute atomic E-state index is 13.1. The summed E-state index contributed by atoms with van der Waals surface area (Å²) in [5.41, 5.74) is 2.78. The first kappa shape index (κ1) is 21.3. The minimum absolute atomic E-state index is 0.00830. The number of amides is 4. The van der Waals surface area contributed by atoms with Gasteiger partial charge in [-0.25, -0.2) is 4.79 Å². The fraction of sp³-hybridized carbons (Fsp3) is 0.292. The van der Waals surface area contributed by atoms with Gasteiger partial charge in [0.2, 0.25) is 0 Å². The van der Waals surface area contributed by atoms with E-state index in [1.54, 1.807) is 19.9 Å². The summed E-state index contributed by atoms with van der Waals surface area (Å²) in [6, 6.07) is 16.3. The lowest BCUT2D eigenvalue weighted by molar-refractivity contribution is -0.136. The molecule has 1 fully saturated rings. The third-order valence-electron chi connectivity index (χ3n) is 5.07. The van der Waals surface area contributed by atoms with Crippen molar-refractivity contribution >= 4 is 29.6 Å². The summed E-state index contributed by atoms with van der Waals surface area (Å²) in [5, 5.41) is 0. The Labute approximate surface area is 177 Å². The molecule has 0 N–H and O–H groups in total. The number of carbonyl (C=O) groups is 3. The topological polar surface area (TPSA) is 60.9 Å². The first-order valence-electron chi connectivity index (χ1n) is 10.0. The SMILES string of the molecule is CC(C)N1C(=O)/C(=C/c2ccc(N(C)C)cc2)C(=O)N(CCc2ccccc2)C1=O. The molecule has 4 amide bonds. The van der Waals surface area contributed by atoms with E-state index in [1.165, 1.54) is 4.90 Å². The van der Waals surface area contributed by atoms with Crippen LogP contribution < -0.4 is 4.90 Å². The molecule has 0 radical (unpaired) electrons. The van der Waals surface area contributed by atoms with Crippen LogP contribution >= 0.6 is 0 Å². The largest absolute Gasteiger partial charge is 0.378 e. The zero-order chi connectivity index (χ0) is 21.8. The fourth-order valence-electron chi connectivity index (χ4n) is 3.37. The molecule has 1 aliphatic heterocycles. The van der Waals surface area contributed by atoms with Gasteiger partial charge in [-0.15, -0.1) is 0 Å². The number of hydrogen-bond acceptors (Lipinski definition) is 4. The molecule has 2 aromatic carbocycles. The summed E-state index contributed by atoms with van der Waals surface area (Å²) >= 11 is 0. The maximum atomic E-state index is 13.1. The highest BCUT2D eigenvalue weighted by Crippen LogP contribution is 2.23. The van der Waals surface area contributed by atoms with Crippen LogP contribution in [0, 0.1) is 0 Å². The highest BCUT2D eigenvalue weighted by atomic mass is 16.2. The van der Waals surface area contributed by atoms with E-state index < -0.39 is 17.8 Å². The second-order valence-electron chi connectivity index (χ2n) is 7.79. The van der Waals surface area contributed by atoms with Crippen LogP contribution in [0.2, 0.25) is 0 Å². The van der Waals surface area contributed by atoms with Gasteiger partial charge in [0.15, 0.2) is 0 Å². The average molecular weight is 405 g/mol. The number of barbiturate groups is 1. The molecule has 0 unspecified atom stereocenters. The van der Waals surface area contributed by atoms with Crippen molar-refractivity contribution in [2.24, 2.45) is 0 Å². The number of rotatable bonds is 6. The quantitative estimate of drug-likeness (QED) is 0.544. The van der Waals surface area contributed by atoms with Crippen LogP contribution in [0.3, 0.4) is 0 Å². The van der Waals surface area contributed by atoms with Gasteiger partial charge in [0, 0.05) is 32.4 Å². The molecule has 0 atom stereocenters. The third kappa shape index (κ3) is 4.43. The summed E-state index contributed by atoms with van der Waals surface area (Å²) in [5.74, 6) is -1.10. The summed E-state index contributed by atoms with van der Waals surface area (Å²) in [6.07, 6.45) is 2.10. The van der Waals surface area contributed by atoms with Gasteiger partial charge in [-0.2, -0.15) is 0 Å². The van der Waals surface area contributed by atoms with Gasteiger partial charge < -0.3 is 4.90 Å². The number of nitrogens with zero attached hydrogens (tertiary/aromatic N) is 3. The lowest BCUT2D eigenvalue weighted by Crippen LogP contribution is -2.58. The van der Waals surface area contributed by atoms with E-state index in [1.807, 2.05) is 73.6 Å². The molecule has 1 saturated heterocycles. The standard InChI is InChI=1S/C24H27N3O3/c1-17(2)27-23(29)21(16-19-10-12-20(13-11-19)25(3)4)22(28)26(24(27)30)15-14-18-8-6-5-7-9-18/h5-13,16-17H,14-15H2,1-4H3/b21-16+. The first-order valence-corrected chi connectivity index (χ1v) is 10.0. The molecule has 1 aliphatic rings. The third-order valence-corrected chi connectivity index (χ3v) is 5.07. The lowest BCUT2D eigenvalue weighted by atomic mass is 10.0. The lowest BCUT2D eigenvalue weighted by Gasteiger charge is -2.36. The van der Waals surface area contributed by atoms with Gasteiger partial charge in [-0.05, 0) is 49.6 Å². The Morgan fingerprint density at radius 3 is 2.10 bits per heavy atom. The van der Waals surface area contributed by atoms with Crippen LogP contribution in [0.5, 0.6) is 0 Å². The van der Waals surface area contributed by atoms with Crippen LogP contribution in [0.25, 0.3) is 6.08 Å². The van der Waals surface area contributed by atoms with Gasteiger partial charge >= 0.3 is 6.03 Å². The zero-order valence-electron chi connectivity index (χ0n) is 17.8. The van der Waals surface area contributed by atoms with E-state index in [-0.39, 0.29) is 18.2 Å². The van der Waals surface area contributed by atoms with Gasteiger partial charge in [-0.1, -0.05) is 42.5 Å². The minimum Gasteiger partial charge on any atom is -0.378 e. The minimum atomic E-state index is -0.559. The average Bonchev–Trinajstić information content (AvgIpc) is 2.72. The molecule has 0 saturated carbocycles. The molecule has 2 aromatic rings. The zero-order valence-corrected chi connectivity index (χ0v) is 17.8. The highest BCUT2D eigenvalue weighted by Gasteiger charge is 2.42. The van der Waals surface area contributed by atoms with Crippen molar-refractivity contribution in [2.45, 2.75) is 26.3 Å². The van der Waals surface area contributed by atoms with Crippen LogP contribution in [0.4, 0.5) is 10.5 Å². The van der Waals surface area contributed by atoms with E-state index in [0.717, 1.165) is 21.7 Å². The number of imide groups is 2. The molecule has 1 heterocycles. The van der Waals surface area contributed by atoms with Crippen LogP contribution in [0.1, 0.15) is 25.0 Å². The molecular formula is C24H27N3O3. The Hall–Kier alpha value is -3.41. The number of benzene rings is 2. The van der Waals surface area contributed by atoms with Gasteiger partial charge in [0.05, 0.1) is 0 Å². The highest BCUT2D eigenvalue weighted by molar-refractivity contribution is 6.31. The Balaban J connectivity index is 1.91. The Morgan fingerprint density at radius 2 is 1.53 bits per heavy atom. The van der Waals surface area contributed by atoms with Crippen molar-refractivity contribution in [1.82, 2.24) is 9.80 Å². The fourth-order valence-corrected chi connectivity index (χ4v) is 3.37. The first-order chi connectivity index (χ1) is 14.3. The van der Waals surface area contributed by atoms with Crippen LogP contribution in [-0.2, 0) is 16.0 Å². The van der Waals surface area contributed by atoms with Crippen molar-refractivity contribution in [3.63, 3.8) is 0 Å². The van der Waals surface area contributed by atoms with Crippen molar-refractivity contribution < 1.29 is 14.4 Å². The summed E-state index contributed by atoms with van der Waals surface area (Å²) < 4.78 is 0. The summed E-state index contributed by atoms with van der Waals surface area (Å²) in [6.45, 7) is 3.75. The summed E-state index contributed by atoms with van der Waals surface area (Å²) in [7, 11) is 3.89. The van der Waals surface area contributed by atoms with Crippen molar-refractivity contribution in [2.75, 3.05) is 25.5 Å². The number of anilines is 1. The van der Waals surface area contributed by atoms with E-state index in [4.69, 9.17) is 0 Å². The van der Waals surface area contributed by atoms with Crippen LogP contribution in [0.15, 0.2) is 60.2 Å². The molecule has 30 heavy (non-hydrogen) atoms. The number of hydrogen-bond donors (Lipinski definition) is 0. The normalized spacial score (nSPS) is 16.0. The smallest absolute Gasteiger partial charge is 0.334 e. The monoisotopic (exact) mass is 405 g/mol. The molecule has 6 heteroatoms. The van der Waals surface area contributed by atoms with Gasteiger partial charge in [-0.3, -0.25) is 19.4 Å². The molecular weight excluding hydrogens is 378 g/mol. The molecule has 3 rings (SSSR count). The van der Waals surface area contributed by atoms with E-state index in [9.17, 15) is 14.4 Å². The second-order valence-corrected chi connectivity index (χ2v) is 7.79. The predicted octanol–water partition coefficient (Wildman–Crippen LogP) is 3.58. The predicted molar refractivity (Wildman–Crippen MR) is 118 cm³/mol. The van der Waals surface area contributed by atoms with Gasteiger partial charge in [0.25, 0.3) is 11.8 Å². The maximum Gasteiger partial charge on any atom is 0.334 e. The van der Waals surface area contributed by atoms with Crippen molar-refractivity contribution in [3.05, 3.63) is 71.3 Å². The molecule has 0 aliphatic carbocycles. The van der Waals surface area contributed by atoms with E-state index in [2.05, 4.69) is 0 Å². The Kier molecular flexibility index (Phi) is 6.35.